The van der Waals surface area contributed by atoms with E-state index < -0.39 is 24.5 Å². The van der Waals surface area contributed by atoms with Crippen LogP contribution in [0.2, 0.25) is 0 Å². The lowest BCUT2D eigenvalue weighted by molar-refractivity contribution is -0.137. The highest BCUT2D eigenvalue weighted by molar-refractivity contribution is 5.53. The van der Waals surface area contributed by atoms with Crippen LogP contribution in [0.1, 0.15) is 11.1 Å². The van der Waals surface area contributed by atoms with Crippen molar-refractivity contribution < 1.29 is 23.4 Å². The third kappa shape index (κ3) is 3.90. The van der Waals surface area contributed by atoms with Gasteiger partial charge in [0.15, 0.2) is 0 Å². The van der Waals surface area contributed by atoms with E-state index in [-0.39, 0.29) is 6.54 Å². The van der Waals surface area contributed by atoms with E-state index in [1.807, 2.05) is 0 Å². The minimum Gasteiger partial charge on any atom is -0.394 e. The van der Waals surface area contributed by atoms with Crippen LogP contribution in [0, 0.1) is 6.92 Å². The normalized spacial score (nSPS) is 13.5. The van der Waals surface area contributed by atoms with Crippen molar-refractivity contribution in [3.63, 3.8) is 0 Å². The summed E-state index contributed by atoms with van der Waals surface area (Å²) in [4.78, 5) is 0. The van der Waals surface area contributed by atoms with Gasteiger partial charge in [0.25, 0.3) is 0 Å². The first kappa shape index (κ1) is 13.8. The highest BCUT2D eigenvalue weighted by Gasteiger charge is 2.30. The lowest BCUT2D eigenvalue weighted by Gasteiger charge is -2.15. The van der Waals surface area contributed by atoms with Crippen LogP contribution >= 0.6 is 0 Å². The molecule has 6 heteroatoms. The summed E-state index contributed by atoms with van der Waals surface area (Å²) in [5.74, 6) is 0. The first-order chi connectivity index (χ1) is 7.84. The highest BCUT2D eigenvalue weighted by Crippen LogP contribution is 2.31. The van der Waals surface area contributed by atoms with Crippen LogP contribution in [0.3, 0.4) is 0 Å². The van der Waals surface area contributed by atoms with Crippen molar-refractivity contribution in [3.05, 3.63) is 29.3 Å². The molecule has 0 amide bonds. The molecule has 1 rings (SSSR count). The molecular formula is C11H14F3NO2. The number of aliphatic hydroxyl groups excluding tert-OH is 2. The Morgan fingerprint density at radius 2 is 2.00 bits per heavy atom. The molecule has 0 spiro atoms. The molecule has 0 radical (unpaired) electrons. The maximum atomic E-state index is 12.4. The number of hydrogen-bond donors (Lipinski definition) is 3. The van der Waals surface area contributed by atoms with Gasteiger partial charge in [-0.2, -0.15) is 13.2 Å². The average Bonchev–Trinajstić information content (AvgIpc) is 2.26. The van der Waals surface area contributed by atoms with Crippen LogP contribution in [0.5, 0.6) is 0 Å². The first-order valence-corrected chi connectivity index (χ1v) is 5.05. The Kier molecular flexibility index (Phi) is 4.36. The number of benzene rings is 1. The van der Waals surface area contributed by atoms with E-state index in [1.165, 1.54) is 6.07 Å². The summed E-state index contributed by atoms with van der Waals surface area (Å²) in [7, 11) is 0. The van der Waals surface area contributed by atoms with E-state index in [0.717, 1.165) is 12.1 Å². The van der Waals surface area contributed by atoms with Gasteiger partial charge in [0, 0.05) is 12.2 Å². The Bertz CT molecular complexity index is 379. The van der Waals surface area contributed by atoms with Crippen molar-refractivity contribution in [3.8, 4) is 0 Å². The molecular weight excluding hydrogens is 235 g/mol. The summed E-state index contributed by atoms with van der Waals surface area (Å²) < 4.78 is 37.3. The van der Waals surface area contributed by atoms with Gasteiger partial charge in [-0.05, 0) is 24.6 Å². The van der Waals surface area contributed by atoms with Gasteiger partial charge in [-0.1, -0.05) is 6.07 Å². The highest BCUT2D eigenvalue weighted by atomic mass is 19.4. The van der Waals surface area contributed by atoms with Crippen molar-refractivity contribution in [1.29, 1.82) is 0 Å². The zero-order chi connectivity index (χ0) is 13.1. The fourth-order valence-corrected chi connectivity index (χ4v) is 1.28. The minimum absolute atomic E-state index is 0.00134. The van der Waals surface area contributed by atoms with E-state index in [2.05, 4.69) is 5.32 Å². The topological polar surface area (TPSA) is 52.5 Å². The number of rotatable bonds is 4. The third-order valence-corrected chi connectivity index (χ3v) is 2.30. The van der Waals surface area contributed by atoms with Crippen molar-refractivity contribution in [1.82, 2.24) is 0 Å². The van der Waals surface area contributed by atoms with Crippen molar-refractivity contribution >= 4 is 5.69 Å². The molecule has 0 heterocycles. The molecule has 0 bridgehead atoms. The van der Waals surface area contributed by atoms with E-state index in [0.29, 0.717) is 11.3 Å². The molecule has 1 aromatic carbocycles. The number of alkyl halides is 3. The molecule has 96 valence electrons. The number of aryl methyl sites for hydroxylation is 1. The van der Waals surface area contributed by atoms with Crippen LogP contribution in [0.25, 0.3) is 0 Å². The average molecular weight is 249 g/mol. The number of anilines is 1. The van der Waals surface area contributed by atoms with Gasteiger partial charge in [0.2, 0.25) is 0 Å². The summed E-state index contributed by atoms with van der Waals surface area (Å²) in [6, 6.07) is 3.35. The van der Waals surface area contributed by atoms with E-state index in [1.54, 1.807) is 6.92 Å². The summed E-state index contributed by atoms with van der Waals surface area (Å²) >= 11 is 0. The molecule has 0 aliphatic heterocycles. The Morgan fingerprint density at radius 1 is 1.35 bits per heavy atom. The zero-order valence-corrected chi connectivity index (χ0v) is 9.25. The molecule has 0 aromatic heterocycles. The SMILES string of the molecule is Cc1ccc(C(F)(F)F)cc1NCC(O)CO. The second-order valence-electron chi connectivity index (χ2n) is 3.74. The van der Waals surface area contributed by atoms with Crippen LogP contribution in [0.4, 0.5) is 18.9 Å². The number of aliphatic hydroxyl groups is 2. The predicted molar refractivity (Wildman–Crippen MR) is 57.8 cm³/mol. The summed E-state index contributed by atoms with van der Waals surface area (Å²) in [6.07, 6.45) is -5.39. The Hall–Kier alpha value is -1.27. The molecule has 0 aliphatic carbocycles. The lowest BCUT2D eigenvalue weighted by atomic mass is 10.1. The number of halogens is 3. The van der Waals surface area contributed by atoms with E-state index >= 15 is 0 Å². The molecule has 0 fully saturated rings. The molecule has 1 unspecified atom stereocenters. The monoisotopic (exact) mass is 249 g/mol. The van der Waals surface area contributed by atoms with Gasteiger partial charge < -0.3 is 15.5 Å². The molecule has 1 atom stereocenters. The maximum absolute atomic E-state index is 12.4. The van der Waals surface area contributed by atoms with Crippen LogP contribution in [-0.2, 0) is 6.18 Å². The molecule has 1 aromatic rings. The quantitative estimate of drug-likeness (QED) is 0.762. The van der Waals surface area contributed by atoms with Crippen molar-refractivity contribution in [2.75, 3.05) is 18.5 Å². The van der Waals surface area contributed by atoms with Gasteiger partial charge in [0.1, 0.15) is 0 Å². The lowest BCUT2D eigenvalue weighted by Crippen LogP contribution is -2.23. The van der Waals surface area contributed by atoms with Gasteiger partial charge in [0.05, 0.1) is 18.3 Å². The zero-order valence-electron chi connectivity index (χ0n) is 9.25. The third-order valence-electron chi connectivity index (χ3n) is 2.30. The smallest absolute Gasteiger partial charge is 0.394 e. The summed E-state index contributed by atoms with van der Waals surface area (Å²) in [5, 5.41) is 20.4. The Morgan fingerprint density at radius 3 is 2.53 bits per heavy atom. The van der Waals surface area contributed by atoms with Crippen molar-refractivity contribution in [2.45, 2.75) is 19.2 Å². The second kappa shape index (κ2) is 5.37. The Balaban J connectivity index is 2.84. The molecule has 0 saturated heterocycles. The maximum Gasteiger partial charge on any atom is 0.416 e. The molecule has 0 saturated carbocycles. The molecule has 3 N–H and O–H groups in total. The summed E-state index contributed by atoms with van der Waals surface area (Å²) in [6.45, 7) is 1.22. The number of nitrogens with one attached hydrogen (secondary N) is 1. The van der Waals surface area contributed by atoms with Crippen molar-refractivity contribution in [2.24, 2.45) is 0 Å². The van der Waals surface area contributed by atoms with Crippen LogP contribution in [-0.4, -0.2) is 29.5 Å². The number of hydrogen-bond acceptors (Lipinski definition) is 3. The molecule has 17 heavy (non-hydrogen) atoms. The van der Waals surface area contributed by atoms with Gasteiger partial charge in [-0.15, -0.1) is 0 Å². The minimum atomic E-state index is -4.39. The van der Waals surface area contributed by atoms with Crippen LogP contribution in [0.15, 0.2) is 18.2 Å². The van der Waals surface area contributed by atoms with E-state index in [9.17, 15) is 13.2 Å². The van der Waals surface area contributed by atoms with Crippen LogP contribution < -0.4 is 5.32 Å². The fourth-order valence-electron chi connectivity index (χ4n) is 1.28. The first-order valence-electron chi connectivity index (χ1n) is 5.05. The molecule has 3 nitrogen and oxygen atoms in total. The summed E-state index contributed by atoms with van der Waals surface area (Å²) in [5.41, 5.74) is 0.194. The van der Waals surface area contributed by atoms with E-state index in [4.69, 9.17) is 10.2 Å². The Labute approximate surface area is 96.9 Å². The second-order valence-corrected chi connectivity index (χ2v) is 3.74. The largest absolute Gasteiger partial charge is 0.416 e. The standard InChI is InChI=1S/C11H14F3NO2/c1-7-2-3-8(11(12,13)14)4-10(7)15-5-9(17)6-16/h2-4,9,15-17H,5-6H2,1H3. The van der Waals surface area contributed by atoms with Gasteiger partial charge >= 0.3 is 6.18 Å². The van der Waals surface area contributed by atoms with Gasteiger partial charge in [-0.25, -0.2) is 0 Å². The molecule has 0 aliphatic rings. The predicted octanol–water partition coefficient (Wildman–Crippen LogP) is 1.78. The fraction of sp³-hybridized carbons (Fsp3) is 0.455. The van der Waals surface area contributed by atoms with Gasteiger partial charge in [-0.3, -0.25) is 0 Å².